The first kappa shape index (κ1) is 29.3. The lowest BCUT2D eigenvalue weighted by atomic mass is 9.94. The quantitative estimate of drug-likeness (QED) is 0.329. The number of anilines is 1. The number of hydrogen-bond donors (Lipinski definition) is 1. The number of amides is 1. The van der Waals surface area contributed by atoms with Crippen LogP contribution >= 0.6 is 34.8 Å². The number of carbonyl (C=O) groups is 1. The number of rotatable bonds is 6. The number of nitriles is 1. The highest BCUT2D eigenvalue weighted by Gasteiger charge is 2.42. The van der Waals surface area contributed by atoms with Crippen LogP contribution in [0.2, 0.25) is 15.1 Å². The standard InChI is InChI=1S/C27H27Cl3F3N5O/c1-26(2,14-34)25(39)35-12-15-6-7-18(28)17(24(15)30)9-23-36-20-10-19(29)21(11-22(20)37(23)3)38-8-4-5-16(13-38)27(31,32)33/h6-7,10-11,16H,4-5,8-9,12-13H2,1-3H3,(H,35,39). The summed E-state index contributed by atoms with van der Waals surface area (Å²) >= 11 is 19.7. The van der Waals surface area contributed by atoms with Crippen LogP contribution in [0.5, 0.6) is 0 Å². The van der Waals surface area contributed by atoms with Crippen LogP contribution in [0.1, 0.15) is 43.6 Å². The van der Waals surface area contributed by atoms with Crippen molar-refractivity contribution in [1.29, 1.82) is 5.26 Å². The van der Waals surface area contributed by atoms with Crippen LogP contribution in [0.25, 0.3) is 11.0 Å². The molecule has 3 aromatic rings. The van der Waals surface area contributed by atoms with Gasteiger partial charge in [0.1, 0.15) is 11.2 Å². The number of halogens is 6. The van der Waals surface area contributed by atoms with Crippen molar-refractivity contribution in [1.82, 2.24) is 14.9 Å². The van der Waals surface area contributed by atoms with Crippen molar-refractivity contribution in [3.63, 3.8) is 0 Å². The van der Waals surface area contributed by atoms with Gasteiger partial charge in [-0.15, -0.1) is 0 Å². The molecule has 0 bridgehead atoms. The topological polar surface area (TPSA) is 74.0 Å². The number of nitrogens with one attached hydrogen (secondary N) is 1. The largest absolute Gasteiger partial charge is 0.393 e. The predicted octanol–water partition coefficient (Wildman–Crippen LogP) is 7.07. The number of benzene rings is 2. The minimum Gasteiger partial charge on any atom is -0.370 e. The maximum Gasteiger partial charge on any atom is 0.393 e. The van der Waals surface area contributed by atoms with Crippen LogP contribution in [-0.4, -0.2) is 34.7 Å². The number of hydrogen-bond acceptors (Lipinski definition) is 4. The molecular formula is C27H27Cl3F3N5O. The Morgan fingerprint density at radius 1 is 1.21 bits per heavy atom. The maximum absolute atomic E-state index is 13.4. The molecule has 1 aliphatic heterocycles. The molecule has 2 heterocycles. The van der Waals surface area contributed by atoms with E-state index in [1.807, 2.05) is 17.7 Å². The molecule has 0 spiro atoms. The van der Waals surface area contributed by atoms with Crippen LogP contribution in [0, 0.1) is 22.7 Å². The lowest BCUT2D eigenvalue weighted by molar-refractivity contribution is -0.176. The summed E-state index contributed by atoms with van der Waals surface area (Å²) < 4.78 is 42.0. The Labute approximate surface area is 239 Å². The van der Waals surface area contributed by atoms with Crippen molar-refractivity contribution in [2.75, 3.05) is 18.0 Å². The summed E-state index contributed by atoms with van der Waals surface area (Å²) in [6.07, 6.45) is -3.45. The van der Waals surface area contributed by atoms with Crippen LogP contribution in [0.4, 0.5) is 18.9 Å². The van der Waals surface area contributed by atoms with Gasteiger partial charge >= 0.3 is 6.18 Å². The van der Waals surface area contributed by atoms with Gasteiger partial charge in [0.15, 0.2) is 0 Å². The van der Waals surface area contributed by atoms with Crippen molar-refractivity contribution in [3.05, 3.63) is 56.3 Å². The first-order valence-corrected chi connectivity index (χ1v) is 13.5. The summed E-state index contributed by atoms with van der Waals surface area (Å²) in [4.78, 5) is 18.7. The molecule has 1 aliphatic rings. The Hall–Kier alpha value is -2.67. The van der Waals surface area contributed by atoms with Crippen LogP contribution in [0.15, 0.2) is 24.3 Å². The lowest BCUT2D eigenvalue weighted by Gasteiger charge is -2.35. The first-order valence-electron chi connectivity index (χ1n) is 12.3. The van der Waals surface area contributed by atoms with Crippen molar-refractivity contribution < 1.29 is 18.0 Å². The number of aromatic nitrogens is 2. The highest BCUT2D eigenvalue weighted by molar-refractivity contribution is 6.36. The van der Waals surface area contributed by atoms with Gasteiger partial charge in [-0.25, -0.2) is 4.98 Å². The van der Waals surface area contributed by atoms with E-state index in [2.05, 4.69) is 5.32 Å². The van der Waals surface area contributed by atoms with E-state index in [0.29, 0.717) is 61.7 Å². The summed E-state index contributed by atoms with van der Waals surface area (Å²) in [5.74, 6) is -1.19. The van der Waals surface area contributed by atoms with Gasteiger partial charge < -0.3 is 14.8 Å². The van der Waals surface area contributed by atoms with E-state index in [-0.39, 0.29) is 25.9 Å². The zero-order chi connectivity index (χ0) is 28.7. The molecule has 1 aromatic heterocycles. The van der Waals surface area contributed by atoms with Gasteiger partial charge in [0, 0.05) is 38.1 Å². The first-order chi connectivity index (χ1) is 18.2. The average Bonchev–Trinajstić information content (AvgIpc) is 3.18. The molecule has 1 N–H and O–H groups in total. The summed E-state index contributed by atoms with van der Waals surface area (Å²) in [6.45, 7) is 3.52. The van der Waals surface area contributed by atoms with E-state index in [1.165, 1.54) is 13.8 Å². The van der Waals surface area contributed by atoms with E-state index >= 15 is 0 Å². The summed E-state index contributed by atoms with van der Waals surface area (Å²) in [5, 5.41) is 13.0. The molecule has 1 amide bonds. The Kier molecular flexibility index (Phi) is 8.32. The molecular weight excluding hydrogens is 574 g/mol. The molecule has 4 rings (SSSR count). The smallest absolute Gasteiger partial charge is 0.370 e. The zero-order valence-electron chi connectivity index (χ0n) is 21.6. The molecule has 0 aliphatic carbocycles. The molecule has 1 fully saturated rings. The number of carbonyl (C=O) groups excluding carboxylic acids is 1. The number of aryl methyl sites for hydroxylation is 1. The lowest BCUT2D eigenvalue weighted by Crippen LogP contribution is -2.41. The van der Waals surface area contributed by atoms with Crippen molar-refractivity contribution >= 4 is 57.4 Å². The summed E-state index contributed by atoms with van der Waals surface area (Å²) in [7, 11) is 1.81. The Morgan fingerprint density at radius 2 is 1.92 bits per heavy atom. The van der Waals surface area contributed by atoms with E-state index in [1.54, 1.807) is 29.2 Å². The fraction of sp³-hybridized carbons (Fsp3) is 0.444. The average molecular weight is 601 g/mol. The van der Waals surface area contributed by atoms with Crippen molar-refractivity contribution in [2.24, 2.45) is 18.4 Å². The van der Waals surface area contributed by atoms with E-state index in [0.717, 1.165) is 0 Å². The van der Waals surface area contributed by atoms with Crippen molar-refractivity contribution in [2.45, 2.75) is 45.8 Å². The fourth-order valence-electron chi connectivity index (χ4n) is 4.67. The Bertz CT molecular complexity index is 1460. The second-order valence-electron chi connectivity index (χ2n) is 10.3. The molecule has 39 heavy (non-hydrogen) atoms. The molecule has 1 atom stereocenters. The SMILES string of the molecule is Cn1c(Cc2c(Cl)ccc(CNC(=O)C(C)(C)C#N)c2Cl)nc2cc(Cl)c(N3CCCC(C(F)(F)F)C3)cc21. The van der Waals surface area contributed by atoms with Crippen LogP contribution in [-0.2, 0) is 24.8 Å². The van der Waals surface area contributed by atoms with Gasteiger partial charge in [0.2, 0.25) is 5.91 Å². The third-order valence-corrected chi connectivity index (χ3v) is 8.28. The van der Waals surface area contributed by atoms with Gasteiger partial charge in [-0.1, -0.05) is 40.9 Å². The second kappa shape index (κ2) is 11.1. The van der Waals surface area contributed by atoms with E-state index in [4.69, 9.17) is 39.8 Å². The van der Waals surface area contributed by atoms with E-state index in [9.17, 15) is 23.2 Å². The third-order valence-electron chi connectivity index (χ3n) is 7.15. The number of piperidine rings is 1. The van der Waals surface area contributed by atoms with Gasteiger partial charge in [0.25, 0.3) is 0 Å². The minimum atomic E-state index is -4.25. The van der Waals surface area contributed by atoms with Crippen LogP contribution < -0.4 is 10.2 Å². The normalized spacial score (nSPS) is 16.4. The molecule has 0 radical (unpaired) electrons. The third kappa shape index (κ3) is 6.08. The van der Waals surface area contributed by atoms with Gasteiger partial charge in [-0.3, -0.25) is 4.79 Å². The summed E-state index contributed by atoms with van der Waals surface area (Å²) in [5.41, 5.74) is 1.91. The molecule has 1 saturated heterocycles. The van der Waals surface area contributed by atoms with Gasteiger partial charge in [-0.05, 0) is 56.0 Å². The molecule has 2 aromatic carbocycles. The Morgan fingerprint density at radius 3 is 2.59 bits per heavy atom. The molecule has 0 saturated carbocycles. The maximum atomic E-state index is 13.4. The van der Waals surface area contributed by atoms with Crippen LogP contribution in [0.3, 0.4) is 0 Å². The van der Waals surface area contributed by atoms with Crippen molar-refractivity contribution in [3.8, 4) is 6.07 Å². The highest BCUT2D eigenvalue weighted by Crippen LogP contribution is 2.39. The second-order valence-corrected chi connectivity index (χ2v) is 11.5. The Balaban J connectivity index is 1.61. The molecule has 1 unspecified atom stereocenters. The molecule has 12 heteroatoms. The van der Waals surface area contributed by atoms with Gasteiger partial charge in [-0.2, -0.15) is 18.4 Å². The molecule has 208 valence electrons. The number of fused-ring (bicyclic) bond motifs is 1. The van der Waals surface area contributed by atoms with Gasteiger partial charge in [0.05, 0.1) is 38.8 Å². The highest BCUT2D eigenvalue weighted by atomic mass is 35.5. The number of nitrogens with zero attached hydrogens (tertiary/aromatic N) is 4. The predicted molar refractivity (Wildman–Crippen MR) is 147 cm³/mol. The number of alkyl halides is 3. The summed E-state index contributed by atoms with van der Waals surface area (Å²) in [6, 6.07) is 8.80. The monoisotopic (exact) mass is 599 g/mol. The number of imidazole rings is 1. The van der Waals surface area contributed by atoms with E-state index < -0.39 is 23.4 Å². The molecule has 6 nitrogen and oxygen atoms in total. The zero-order valence-corrected chi connectivity index (χ0v) is 23.9. The fourth-order valence-corrected chi connectivity index (χ4v) is 5.51. The minimum absolute atomic E-state index is 0.107.